The van der Waals surface area contributed by atoms with Gasteiger partial charge in [0.05, 0.1) is 23.4 Å². The van der Waals surface area contributed by atoms with Gasteiger partial charge in [0.15, 0.2) is 11.5 Å². The molecule has 3 rings (SSSR count). The molecule has 1 aliphatic rings. The molecule has 0 fully saturated rings. The highest BCUT2D eigenvalue weighted by Crippen LogP contribution is 2.43. The maximum atomic E-state index is 10.9. The van der Waals surface area contributed by atoms with Gasteiger partial charge in [-0.05, 0) is 34.1 Å². The smallest absolute Gasteiger partial charge is 0.353 e. The number of benzene rings is 1. The van der Waals surface area contributed by atoms with E-state index in [0.29, 0.717) is 36.0 Å². The van der Waals surface area contributed by atoms with Crippen LogP contribution in [0.25, 0.3) is 11.3 Å². The highest BCUT2D eigenvalue weighted by atomic mass is 79.9. The van der Waals surface area contributed by atoms with Gasteiger partial charge in [-0.1, -0.05) is 0 Å². The highest BCUT2D eigenvalue weighted by molar-refractivity contribution is 9.10. The summed E-state index contributed by atoms with van der Waals surface area (Å²) >= 11 is 3.42. The van der Waals surface area contributed by atoms with Crippen LogP contribution < -0.4 is 9.47 Å². The molecule has 0 radical (unpaired) electrons. The first-order valence-corrected chi connectivity index (χ1v) is 6.83. The summed E-state index contributed by atoms with van der Waals surface area (Å²) in [6.45, 7) is 1.13. The third kappa shape index (κ3) is 2.24. The van der Waals surface area contributed by atoms with Crippen molar-refractivity contribution in [1.82, 2.24) is 10.2 Å². The number of aromatic carboxylic acids is 1. The fourth-order valence-electron chi connectivity index (χ4n) is 1.99. The van der Waals surface area contributed by atoms with Gasteiger partial charge in [0.1, 0.15) is 5.69 Å². The number of carboxylic acid groups (broad SMARTS) is 1. The molecule has 20 heavy (non-hydrogen) atoms. The minimum absolute atomic E-state index is 0.0335. The predicted octanol–water partition coefficient (Wildman–Crippen LogP) is 2.70. The topological polar surface area (TPSA) is 84.4 Å². The summed E-state index contributed by atoms with van der Waals surface area (Å²) in [5.41, 5.74) is 1.25. The Hall–Kier alpha value is -2.02. The number of aromatic amines is 1. The van der Waals surface area contributed by atoms with E-state index in [9.17, 15) is 4.79 Å². The van der Waals surface area contributed by atoms with Crippen LogP contribution in [0.1, 0.15) is 16.9 Å². The lowest BCUT2D eigenvalue weighted by Gasteiger charge is -2.12. The molecule has 6 nitrogen and oxygen atoms in total. The molecule has 0 saturated carbocycles. The molecule has 1 aliphatic heterocycles. The lowest BCUT2D eigenvalue weighted by atomic mass is 10.1. The van der Waals surface area contributed by atoms with Crippen LogP contribution in [-0.4, -0.2) is 34.5 Å². The Kier molecular flexibility index (Phi) is 3.35. The molecule has 2 heterocycles. The minimum Gasteiger partial charge on any atom is -0.489 e. The summed E-state index contributed by atoms with van der Waals surface area (Å²) in [5.74, 6) is 0.157. The van der Waals surface area contributed by atoms with E-state index < -0.39 is 5.97 Å². The summed E-state index contributed by atoms with van der Waals surface area (Å²) in [6, 6.07) is 5.12. The van der Waals surface area contributed by atoms with Crippen molar-refractivity contribution in [2.24, 2.45) is 0 Å². The third-order valence-corrected chi connectivity index (χ3v) is 3.55. The van der Waals surface area contributed by atoms with Crippen LogP contribution in [0.15, 0.2) is 22.7 Å². The van der Waals surface area contributed by atoms with Crippen molar-refractivity contribution in [3.8, 4) is 22.8 Å². The van der Waals surface area contributed by atoms with E-state index in [1.165, 1.54) is 6.07 Å². The first-order valence-electron chi connectivity index (χ1n) is 6.04. The average Bonchev–Trinajstić information content (AvgIpc) is 2.77. The first kappa shape index (κ1) is 13.0. The number of halogens is 1. The van der Waals surface area contributed by atoms with Gasteiger partial charge in [0.2, 0.25) is 0 Å². The number of hydrogen-bond acceptors (Lipinski definition) is 4. The second-order valence-electron chi connectivity index (χ2n) is 4.28. The standard InChI is InChI=1S/C13H11BrN2O4/c14-8-3-2-7(9-6-10(13(17)18)16-15-9)11-12(8)20-5-1-4-19-11/h2-3,6H,1,4-5H2,(H,15,16)(H,17,18). The zero-order valence-electron chi connectivity index (χ0n) is 10.4. The number of aromatic nitrogens is 2. The number of H-pyrrole nitrogens is 1. The molecular weight excluding hydrogens is 328 g/mol. The van der Waals surface area contributed by atoms with Crippen molar-refractivity contribution in [2.75, 3.05) is 13.2 Å². The number of carbonyl (C=O) groups is 1. The Labute approximate surface area is 122 Å². The van der Waals surface area contributed by atoms with Crippen LogP contribution in [0, 0.1) is 0 Å². The second kappa shape index (κ2) is 5.16. The Balaban J connectivity index is 2.11. The van der Waals surface area contributed by atoms with Crippen molar-refractivity contribution >= 4 is 21.9 Å². The molecule has 7 heteroatoms. The van der Waals surface area contributed by atoms with E-state index >= 15 is 0 Å². The molecule has 1 aromatic heterocycles. The fraction of sp³-hybridized carbons (Fsp3) is 0.231. The zero-order chi connectivity index (χ0) is 14.1. The Morgan fingerprint density at radius 2 is 2.05 bits per heavy atom. The minimum atomic E-state index is -1.05. The van der Waals surface area contributed by atoms with Crippen LogP contribution in [0.4, 0.5) is 0 Å². The van der Waals surface area contributed by atoms with E-state index in [1.54, 1.807) is 0 Å². The Bertz CT molecular complexity index is 668. The SMILES string of the molecule is O=C(O)c1cc(-c2ccc(Br)c3c2OCCCO3)n[nH]1. The summed E-state index contributed by atoms with van der Waals surface area (Å²) < 4.78 is 12.2. The monoisotopic (exact) mass is 338 g/mol. The van der Waals surface area contributed by atoms with Gasteiger partial charge >= 0.3 is 5.97 Å². The van der Waals surface area contributed by atoms with E-state index in [0.717, 1.165) is 10.9 Å². The van der Waals surface area contributed by atoms with Crippen LogP contribution in [0.5, 0.6) is 11.5 Å². The summed E-state index contributed by atoms with van der Waals surface area (Å²) in [7, 11) is 0. The summed E-state index contributed by atoms with van der Waals surface area (Å²) in [6.07, 6.45) is 0.793. The fourth-order valence-corrected chi connectivity index (χ4v) is 2.42. The quantitative estimate of drug-likeness (QED) is 0.879. The van der Waals surface area contributed by atoms with Crippen molar-refractivity contribution in [2.45, 2.75) is 6.42 Å². The van der Waals surface area contributed by atoms with E-state index in [2.05, 4.69) is 26.1 Å². The molecule has 0 aliphatic carbocycles. The van der Waals surface area contributed by atoms with Crippen LogP contribution in [0.3, 0.4) is 0 Å². The van der Waals surface area contributed by atoms with Crippen molar-refractivity contribution < 1.29 is 19.4 Å². The highest BCUT2D eigenvalue weighted by Gasteiger charge is 2.21. The van der Waals surface area contributed by atoms with Crippen LogP contribution in [0.2, 0.25) is 0 Å². The number of nitrogens with one attached hydrogen (secondary N) is 1. The second-order valence-corrected chi connectivity index (χ2v) is 5.13. The van der Waals surface area contributed by atoms with Gasteiger partial charge in [-0.2, -0.15) is 5.10 Å². The number of hydrogen-bond donors (Lipinski definition) is 2. The predicted molar refractivity (Wildman–Crippen MR) is 74.3 cm³/mol. The van der Waals surface area contributed by atoms with Gasteiger partial charge in [0, 0.05) is 12.0 Å². The summed E-state index contributed by atoms with van der Waals surface area (Å²) in [4.78, 5) is 10.9. The third-order valence-electron chi connectivity index (χ3n) is 2.93. The van der Waals surface area contributed by atoms with Crippen molar-refractivity contribution in [3.63, 3.8) is 0 Å². The normalized spacial score (nSPS) is 13.8. The number of ether oxygens (including phenoxy) is 2. The average molecular weight is 339 g/mol. The first-order chi connectivity index (χ1) is 9.66. The van der Waals surface area contributed by atoms with Crippen LogP contribution >= 0.6 is 15.9 Å². The Morgan fingerprint density at radius 3 is 2.75 bits per heavy atom. The Morgan fingerprint density at radius 1 is 1.30 bits per heavy atom. The molecule has 1 aromatic carbocycles. The number of fused-ring (bicyclic) bond motifs is 1. The van der Waals surface area contributed by atoms with Gasteiger partial charge in [-0.25, -0.2) is 4.79 Å². The van der Waals surface area contributed by atoms with Gasteiger partial charge in [-0.3, -0.25) is 5.10 Å². The molecule has 0 amide bonds. The van der Waals surface area contributed by atoms with Crippen molar-refractivity contribution in [1.29, 1.82) is 0 Å². The lowest BCUT2D eigenvalue weighted by molar-refractivity contribution is 0.0690. The van der Waals surface area contributed by atoms with Gasteiger partial charge in [0.25, 0.3) is 0 Å². The van der Waals surface area contributed by atoms with Gasteiger partial charge < -0.3 is 14.6 Å². The van der Waals surface area contributed by atoms with E-state index in [-0.39, 0.29) is 5.69 Å². The maximum absolute atomic E-state index is 10.9. The molecule has 2 N–H and O–H groups in total. The molecule has 0 atom stereocenters. The van der Waals surface area contributed by atoms with Crippen molar-refractivity contribution in [3.05, 3.63) is 28.4 Å². The van der Waals surface area contributed by atoms with E-state index in [4.69, 9.17) is 14.6 Å². The largest absolute Gasteiger partial charge is 0.489 e. The molecular formula is C13H11BrN2O4. The van der Waals surface area contributed by atoms with E-state index in [1.807, 2.05) is 12.1 Å². The number of nitrogens with zero attached hydrogens (tertiary/aromatic N) is 1. The number of carboxylic acids is 1. The lowest BCUT2D eigenvalue weighted by Crippen LogP contribution is -1.98. The molecule has 0 saturated heterocycles. The van der Waals surface area contributed by atoms with Gasteiger partial charge in [-0.15, -0.1) is 0 Å². The number of rotatable bonds is 2. The molecule has 0 unspecified atom stereocenters. The molecule has 104 valence electrons. The molecule has 2 aromatic rings. The molecule has 0 bridgehead atoms. The molecule has 0 spiro atoms. The summed E-state index contributed by atoms with van der Waals surface area (Å²) in [5, 5.41) is 15.4. The maximum Gasteiger partial charge on any atom is 0.353 e. The zero-order valence-corrected chi connectivity index (χ0v) is 11.9. The van der Waals surface area contributed by atoms with Crippen LogP contribution in [-0.2, 0) is 0 Å².